The Hall–Kier alpha value is -0.300. The maximum atomic E-state index is 8.96. The molecular weight excluding hydrogens is 196 g/mol. The van der Waals surface area contributed by atoms with Crippen molar-refractivity contribution < 1.29 is 5.11 Å². The van der Waals surface area contributed by atoms with Crippen molar-refractivity contribution in [2.45, 2.75) is 60.3 Å². The molecule has 0 bridgehead atoms. The van der Waals surface area contributed by atoms with E-state index in [-0.39, 0.29) is 6.61 Å². The van der Waals surface area contributed by atoms with Gasteiger partial charge in [0.15, 0.2) is 0 Å². The molecule has 0 saturated heterocycles. The average Bonchev–Trinajstić information content (AvgIpc) is 2.16. The second-order valence-corrected chi connectivity index (χ2v) is 5.62. The Kier molecular flexibility index (Phi) is 8.64. The fourth-order valence-electron chi connectivity index (χ4n) is 2.63. The van der Waals surface area contributed by atoms with Crippen molar-refractivity contribution in [3.8, 4) is 0 Å². The fraction of sp³-hybridized carbons (Fsp3) is 0.867. The van der Waals surface area contributed by atoms with Gasteiger partial charge in [0.25, 0.3) is 0 Å². The van der Waals surface area contributed by atoms with E-state index >= 15 is 0 Å². The van der Waals surface area contributed by atoms with E-state index in [2.05, 4.69) is 33.8 Å². The first-order valence-corrected chi connectivity index (χ1v) is 6.77. The van der Waals surface area contributed by atoms with Crippen LogP contribution in [-0.2, 0) is 0 Å². The fourth-order valence-corrected chi connectivity index (χ4v) is 2.63. The van der Waals surface area contributed by atoms with Crippen LogP contribution >= 0.6 is 0 Å². The molecule has 96 valence electrons. The van der Waals surface area contributed by atoms with Crippen molar-refractivity contribution in [2.24, 2.45) is 17.8 Å². The van der Waals surface area contributed by atoms with E-state index in [0.29, 0.717) is 5.92 Å². The van der Waals surface area contributed by atoms with Gasteiger partial charge in [0.05, 0.1) is 6.61 Å². The number of hydrogen-bond acceptors (Lipinski definition) is 1. The van der Waals surface area contributed by atoms with E-state index in [1.165, 1.54) is 25.7 Å². The van der Waals surface area contributed by atoms with Crippen LogP contribution < -0.4 is 0 Å². The monoisotopic (exact) mass is 226 g/mol. The molecule has 1 N–H and O–H groups in total. The first kappa shape index (κ1) is 15.7. The standard InChI is InChI=1S/C15H30O/c1-6-7-12(2)8-13(3)9-14(4)10-15(5)11-16/h10,12-14,16H,6-9,11H2,1-5H3/b15-10+/t12-,13-,14-/m1/s1. The van der Waals surface area contributed by atoms with Gasteiger partial charge >= 0.3 is 0 Å². The van der Waals surface area contributed by atoms with Gasteiger partial charge in [-0.1, -0.05) is 52.2 Å². The van der Waals surface area contributed by atoms with Crippen molar-refractivity contribution >= 4 is 0 Å². The maximum Gasteiger partial charge on any atom is 0.0639 e. The maximum absolute atomic E-state index is 8.96. The largest absolute Gasteiger partial charge is 0.392 e. The highest BCUT2D eigenvalue weighted by Crippen LogP contribution is 2.23. The Bertz CT molecular complexity index is 196. The Morgan fingerprint density at radius 3 is 2.25 bits per heavy atom. The zero-order valence-electron chi connectivity index (χ0n) is 11.8. The summed E-state index contributed by atoms with van der Waals surface area (Å²) in [6.07, 6.45) is 7.44. The molecule has 0 aromatic rings. The van der Waals surface area contributed by atoms with E-state index in [1.807, 2.05) is 6.92 Å². The van der Waals surface area contributed by atoms with Gasteiger partial charge in [-0.15, -0.1) is 0 Å². The molecule has 0 aliphatic rings. The number of hydrogen-bond donors (Lipinski definition) is 1. The summed E-state index contributed by atoms with van der Waals surface area (Å²) in [5.41, 5.74) is 1.10. The van der Waals surface area contributed by atoms with Crippen LogP contribution in [0.25, 0.3) is 0 Å². The SMILES string of the molecule is CCC[C@@H](C)C[C@@H](C)C[C@@H](C)/C=C(\C)CO. The Morgan fingerprint density at radius 1 is 1.12 bits per heavy atom. The summed E-state index contributed by atoms with van der Waals surface area (Å²) < 4.78 is 0. The van der Waals surface area contributed by atoms with E-state index in [9.17, 15) is 0 Å². The van der Waals surface area contributed by atoms with Gasteiger partial charge in [0.1, 0.15) is 0 Å². The van der Waals surface area contributed by atoms with E-state index < -0.39 is 0 Å². The predicted molar refractivity (Wildman–Crippen MR) is 72.5 cm³/mol. The van der Waals surface area contributed by atoms with Crippen LogP contribution in [0.1, 0.15) is 60.3 Å². The Balaban J connectivity index is 3.90. The molecule has 0 unspecified atom stereocenters. The second kappa shape index (κ2) is 8.81. The van der Waals surface area contributed by atoms with Crippen LogP contribution in [0.3, 0.4) is 0 Å². The van der Waals surface area contributed by atoms with Crippen molar-refractivity contribution in [1.29, 1.82) is 0 Å². The molecule has 1 nitrogen and oxygen atoms in total. The molecule has 1 heteroatoms. The molecule has 0 saturated carbocycles. The minimum Gasteiger partial charge on any atom is -0.392 e. The van der Waals surface area contributed by atoms with Crippen LogP contribution in [0.4, 0.5) is 0 Å². The first-order valence-electron chi connectivity index (χ1n) is 6.77. The normalized spacial score (nSPS) is 18.2. The average molecular weight is 226 g/mol. The summed E-state index contributed by atoms with van der Waals surface area (Å²) in [4.78, 5) is 0. The molecule has 0 amide bonds. The van der Waals surface area contributed by atoms with Crippen molar-refractivity contribution in [1.82, 2.24) is 0 Å². The Labute approximate surface area is 102 Å². The molecule has 3 atom stereocenters. The molecule has 0 aromatic heterocycles. The van der Waals surface area contributed by atoms with Crippen LogP contribution in [0.5, 0.6) is 0 Å². The van der Waals surface area contributed by atoms with Crippen molar-refractivity contribution in [3.63, 3.8) is 0 Å². The summed E-state index contributed by atoms with van der Waals surface area (Å²) in [7, 11) is 0. The summed E-state index contributed by atoms with van der Waals surface area (Å²) in [5.74, 6) is 2.24. The number of allylic oxidation sites excluding steroid dienone is 1. The zero-order chi connectivity index (χ0) is 12.6. The van der Waals surface area contributed by atoms with Gasteiger partial charge in [-0.2, -0.15) is 0 Å². The van der Waals surface area contributed by atoms with Gasteiger partial charge in [0, 0.05) is 0 Å². The molecule has 0 aliphatic heterocycles. The zero-order valence-corrected chi connectivity index (χ0v) is 11.8. The highest BCUT2D eigenvalue weighted by Gasteiger charge is 2.11. The molecule has 16 heavy (non-hydrogen) atoms. The topological polar surface area (TPSA) is 20.2 Å². The summed E-state index contributed by atoms with van der Waals surface area (Å²) in [6.45, 7) is 11.4. The summed E-state index contributed by atoms with van der Waals surface area (Å²) >= 11 is 0. The van der Waals surface area contributed by atoms with Crippen LogP contribution in [0, 0.1) is 17.8 Å². The molecule has 0 aliphatic carbocycles. The Morgan fingerprint density at radius 2 is 1.75 bits per heavy atom. The lowest BCUT2D eigenvalue weighted by Gasteiger charge is -2.19. The lowest BCUT2D eigenvalue weighted by molar-refractivity contribution is 0.326. The highest BCUT2D eigenvalue weighted by atomic mass is 16.3. The van der Waals surface area contributed by atoms with Gasteiger partial charge in [-0.3, -0.25) is 0 Å². The van der Waals surface area contributed by atoms with Gasteiger partial charge < -0.3 is 5.11 Å². The van der Waals surface area contributed by atoms with E-state index in [0.717, 1.165) is 17.4 Å². The number of aliphatic hydroxyl groups is 1. The first-order chi connectivity index (χ1) is 7.49. The van der Waals surface area contributed by atoms with Crippen LogP contribution in [0.2, 0.25) is 0 Å². The molecule has 0 heterocycles. The molecule has 0 rings (SSSR count). The van der Waals surface area contributed by atoms with Gasteiger partial charge in [-0.05, 0) is 37.5 Å². The molecule has 0 aromatic carbocycles. The quantitative estimate of drug-likeness (QED) is 0.608. The second-order valence-electron chi connectivity index (χ2n) is 5.62. The lowest BCUT2D eigenvalue weighted by Crippen LogP contribution is -2.07. The summed E-state index contributed by atoms with van der Waals surface area (Å²) in [5, 5.41) is 8.96. The van der Waals surface area contributed by atoms with Crippen molar-refractivity contribution in [2.75, 3.05) is 6.61 Å². The minimum absolute atomic E-state index is 0.199. The third-order valence-electron chi connectivity index (χ3n) is 3.18. The third kappa shape index (κ3) is 7.92. The van der Waals surface area contributed by atoms with Crippen LogP contribution in [0.15, 0.2) is 11.6 Å². The van der Waals surface area contributed by atoms with Crippen LogP contribution in [-0.4, -0.2) is 11.7 Å². The number of aliphatic hydroxyl groups excluding tert-OH is 1. The van der Waals surface area contributed by atoms with E-state index in [1.54, 1.807) is 0 Å². The van der Waals surface area contributed by atoms with Crippen molar-refractivity contribution in [3.05, 3.63) is 11.6 Å². The number of rotatable bonds is 8. The predicted octanol–water partition coefficient (Wildman–Crippen LogP) is 4.41. The summed E-state index contributed by atoms with van der Waals surface area (Å²) in [6, 6.07) is 0. The lowest BCUT2D eigenvalue weighted by atomic mass is 9.87. The smallest absolute Gasteiger partial charge is 0.0639 e. The highest BCUT2D eigenvalue weighted by molar-refractivity contribution is 5.00. The van der Waals surface area contributed by atoms with E-state index in [4.69, 9.17) is 5.11 Å². The third-order valence-corrected chi connectivity index (χ3v) is 3.18. The minimum atomic E-state index is 0.199. The molecular formula is C15H30O. The molecule has 0 spiro atoms. The van der Waals surface area contributed by atoms with Gasteiger partial charge in [-0.25, -0.2) is 0 Å². The van der Waals surface area contributed by atoms with Gasteiger partial charge in [0.2, 0.25) is 0 Å². The molecule has 0 fully saturated rings. The molecule has 0 radical (unpaired) electrons.